The molecule has 19 heavy (non-hydrogen) atoms. The van der Waals surface area contributed by atoms with E-state index in [4.69, 9.17) is 11.6 Å². The second-order valence-electron chi connectivity index (χ2n) is 4.09. The van der Waals surface area contributed by atoms with Crippen molar-refractivity contribution in [1.29, 1.82) is 5.26 Å². The number of hydrogen-bond acceptors (Lipinski definition) is 1. The van der Waals surface area contributed by atoms with Crippen LogP contribution in [0.5, 0.6) is 0 Å². The Morgan fingerprint density at radius 3 is 2.53 bits per heavy atom. The van der Waals surface area contributed by atoms with Gasteiger partial charge in [0.25, 0.3) is 0 Å². The highest BCUT2D eigenvalue weighted by Crippen LogP contribution is 2.34. The van der Waals surface area contributed by atoms with E-state index in [1.165, 1.54) is 0 Å². The fourth-order valence-corrected chi connectivity index (χ4v) is 3.15. The molecular formula is C15H8ClIN2. The Labute approximate surface area is 129 Å². The van der Waals surface area contributed by atoms with E-state index in [-0.39, 0.29) is 0 Å². The van der Waals surface area contributed by atoms with Crippen molar-refractivity contribution in [2.45, 2.75) is 0 Å². The van der Waals surface area contributed by atoms with Crippen molar-refractivity contribution >= 4 is 45.1 Å². The van der Waals surface area contributed by atoms with E-state index >= 15 is 0 Å². The molecule has 0 bridgehead atoms. The first kappa shape index (κ1) is 12.5. The molecule has 3 rings (SSSR count). The molecule has 1 heterocycles. The molecule has 0 aliphatic heterocycles. The first-order valence-corrected chi connectivity index (χ1v) is 7.13. The van der Waals surface area contributed by atoms with Gasteiger partial charge >= 0.3 is 0 Å². The van der Waals surface area contributed by atoms with Crippen LogP contribution in [0.3, 0.4) is 0 Å². The molecular weight excluding hydrogens is 371 g/mol. The summed E-state index contributed by atoms with van der Waals surface area (Å²) in [7, 11) is 0. The zero-order chi connectivity index (χ0) is 13.4. The highest BCUT2D eigenvalue weighted by atomic mass is 127. The van der Waals surface area contributed by atoms with Gasteiger partial charge in [-0.2, -0.15) is 5.26 Å². The second kappa shape index (κ2) is 4.87. The number of benzene rings is 2. The molecule has 0 radical (unpaired) electrons. The molecule has 0 saturated carbocycles. The quantitative estimate of drug-likeness (QED) is 0.561. The van der Waals surface area contributed by atoms with Crippen molar-refractivity contribution < 1.29 is 0 Å². The number of fused-ring (bicyclic) bond motifs is 1. The zero-order valence-electron chi connectivity index (χ0n) is 9.77. The van der Waals surface area contributed by atoms with E-state index in [9.17, 15) is 5.26 Å². The minimum absolute atomic E-state index is 0.613. The van der Waals surface area contributed by atoms with Gasteiger partial charge in [0.05, 0.1) is 20.3 Å². The molecule has 92 valence electrons. The van der Waals surface area contributed by atoms with Crippen LogP contribution in [0, 0.1) is 14.9 Å². The molecule has 2 aromatic carbocycles. The Morgan fingerprint density at radius 2 is 1.74 bits per heavy atom. The molecule has 0 fully saturated rings. The van der Waals surface area contributed by atoms with E-state index in [2.05, 4.69) is 28.7 Å². The van der Waals surface area contributed by atoms with Crippen LogP contribution in [0.2, 0.25) is 5.15 Å². The SMILES string of the molecule is N#Cc1ccccc1-n1c(Cl)c(I)c2ccccc21. The van der Waals surface area contributed by atoms with Gasteiger partial charge in [0.2, 0.25) is 0 Å². The predicted octanol–water partition coefficient (Wildman–Crippen LogP) is 4.76. The number of halogens is 2. The lowest BCUT2D eigenvalue weighted by Gasteiger charge is -2.08. The predicted molar refractivity (Wildman–Crippen MR) is 85.7 cm³/mol. The van der Waals surface area contributed by atoms with Crippen LogP contribution in [0.25, 0.3) is 16.6 Å². The van der Waals surface area contributed by atoms with E-state index in [0.717, 1.165) is 20.2 Å². The van der Waals surface area contributed by atoms with Crippen LogP contribution < -0.4 is 0 Å². The van der Waals surface area contributed by atoms with Gasteiger partial charge in [-0.25, -0.2) is 0 Å². The summed E-state index contributed by atoms with van der Waals surface area (Å²) in [6.45, 7) is 0. The van der Waals surface area contributed by atoms with Gasteiger partial charge in [-0.15, -0.1) is 0 Å². The van der Waals surface area contributed by atoms with E-state index in [1.54, 1.807) is 6.07 Å². The fraction of sp³-hybridized carbons (Fsp3) is 0. The van der Waals surface area contributed by atoms with Crippen molar-refractivity contribution in [2.24, 2.45) is 0 Å². The summed E-state index contributed by atoms with van der Waals surface area (Å²) >= 11 is 8.68. The third-order valence-corrected chi connectivity index (χ3v) is 4.79. The third-order valence-electron chi connectivity index (χ3n) is 3.02. The summed E-state index contributed by atoms with van der Waals surface area (Å²) in [5.41, 5.74) is 2.44. The van der Waals surface area contributed by atoms with Gasteiger partial charge in [-0.1, -0.05) is 41.9 Å². The maximum absolute atomic E-state index is 9.24. The molecule has 0 saturated heterocycles. The molecule has 0 aliphatic rings. The van der Waals surface area contributed by atoms with E-state index < -0.39 is 0 Å². The molecule has 4 heteroatoms. The normalized spacial score (nSPS) is 10.6. The molecule has 0 atom stereocenters. The Kier molecular flexibility index (Phi) is 3.21. The van der Waals surface area contributed by atoms with Gasteiger partial charge in [0, 0.05) is 5.39 Å². The van der Waals surface area contributed by atoms with E-state index in [1.807, 2.05) is 47.0 Å². The summed E-state index contributed by atoms with van der Waals surface area (Å²) in [4.78, 5) is 0. The summed E-state index contributed by atoms with van der Waals surface area (Å²) in [5.74, 6) is 0. The van der Waals surface area contributed by atoms with Crippen molar-refractivity contribution in [2.75, 3.05) is 0 Å². The van der Waals surface area contributed by atoms with Crippen LogP contribution in [-0.2, 0) is 0 Å². The van der Waals surface area contributed by atoms with Crippen LogP contribution in [0.4, 0.5) is 0 Å². The van der Waals surface area contributed by atoms with Crippen LogP contribution >= 0.6 is 34.2 Å². The Hall–Kier alpha value is -1.51. The van der Waals surface area contributed by atoms with Crippen molar-refractivity contribution in [3.63, 3.8) is 0 Å². The van der Waals surface area contributed by atoms with Crippen LogP contribution in [0.15, 0.2) is 48.5 Å². The smallest absolute Gasteiger partial charge is 0.128 e. The Bertz CT molecular complexity index is 815. The maximum Gasteiger partial charge on any atom is 0.128 e. The highest BCUT2D eigenvalue weighted by molar-refractivity contribution is 14.1. The van der Waals surface area contributed by atoms with Gasteiger partial charge in [0.15, 0.2) is 0 Å². The number of nitrogens with zero attached hydrogens (tertiary/aromatic N) is 2. The minimum Gasteiger partial charge on any atom is -0.298 e. The number of aromatic nitrogens is 1. The Morgan fingerprint density at radius 1 is 1.05 bits per heavy atom. The molecule has 0 amide bonds. The minimum atomic E-state index is 0.613. The monoisotopic (exact) mass is 378 g/mol. The van der Waals surface area contributed by atoms with Crippen LogP contribution in [-0.4, -0.2) is 4.57 Å². The Balaban J connectivity index is 2.44. The van der Waals surface area contributed by atoms with Gasteiger partial charge in [-0.3, -0.25) is 4.57 Å². The topological polar surface area (TPSA) is 28.7 Å². The molecule has 3 aromatic rings. The van der Waals surface area contributed by atoms with Crippen molar-refractivity contribution in [3.8, 4) is 11.8 Å². The summed E-state index contributed by atoms with van der Waals surface area (Å²) in [5, 5.41) is 11.0. The van der Waals surface area contributed by atoms with Gasteiger partial charge in [0.1, 0.15) is 11.2 Å². The third kappa shape index (κ3) is 1.92. The standard InChI is InChI=1S/C15H8ClIN2/c16-15-14(17)11-6-2-4-8-13(11)19(15)12-7-3-1-5-10(12)9-18/h1-8H. The number of rotatable bonds is 1. The molecule has 0 spiro atoms. The first-order valence-electron chi connectivity index (χ1n) is 5.68. The van der Waals surface area contributed by atoms with Gasteiger partial charge < -0.3 is 0 Å². The largest absolute Gasteiger partial charge is 0.298 e. The zero-order valence-corrected chi connectivity index (χ0v) is 12.7. The summed E-state index contributed by atoms with van der Waals surface area (Å²) in [6, 6.07) is 17.7. The van der Waals surface area contributed by atoms with E-state index in [0.29, 0.717) is 10.7 Å². The molecule has 0 aliphatic carbocycles. The average Bonchev–Trinajstić information content (AvgIpc) is 2.71. The second-order valence-corrected chi connectivity index (χ2v) is 5.52. The maximum atomic E-state index is 9.24. The summed E-state index contributed by atoms with van der Waals surface area (Å²) in [6.07, 6.45) is 0. The molecule has 0 N–H and O–H groups in total. The molecule has 2 nitrogen and oxygen atoms in total. The van der Waals surface area contributed by atoms with Gasteiger partial charge in [-0.05, 0) is 40.8 Å². The number of nitriles is 1. The first-order chi connectivity index (χ1) is 9.24. The summed E-state index contributed by atoms with van der Waals surface area (Å²) < 4.78 is 2.93. The average molecular weight is 379 g/mol. The van der Waals surface area contributed by atoms with Crippen molar-refractivity contribution in [3.05, 3.63) is 62.8 Å². The fourth-order valence-electron chi connectivity index (χ4n) is 2.17. The lowest BCUT2D eigenvalue weighted by atomic mass is 10.2. The molecule has 1 aromatic heterocycles. The lowest BCUT2D eigenvalue weighted by Crippen LogP contribution is -1.97. The number of hydrogen-bond donors (Lipinski definition) is 0. The van der Waals surface area contributed by atoms with Crippen molar-refractivity contribution in [1.82, 2.24) is 4.57 Å². The highest BCUT2D eigenvalue weighted by Gasteiger charge is 2.16. The lowest BCUT2D eigenvalue weighted by molar-refractivity contribution is 1.11. The van der Waals surface area contributed by atoms with Crippen LogP contribution in [0.1, 0.15) is 5.56 Å². The molecule has 0 unspecified atom stereocenters. The number of para-hydroxylation sites is 2.